The van der Waals surface area contributed by atoms with Crippen LogP contribution in [0.3, 0.4) is 0 Å². The first-order valence-corrected chi connectivity index (χ1v) is 6.29. The highest BCUT2D eigenvalue weighted by molar-refractivity contribution is 6.31. The van der Waals surface area contributed by atoms with Gasteiger partial charge in [-0.2, -0.15) is 10.2 Å². The summed E-state index contributed by atoms with van der Waals surface area (Å²) >= 11 is 6.30. The number of aryl methyl sites for hydroxylation is 2. The third-order valence-corrected chi connectivity index (χ3v) is 3.45. The van der Waals surface area contributed by atoms with Crippen molar-refractivity contribution in [1.82, 2.24) is 30.3 Å². The van der Waals surface area contributed by atoms with E-state index in [9.17, 15) is 0 Å². The van der Waals surface area contributed by atoms with Crippen molar-refractivity contribution in [2.24, 2.45) is 0 Å². The molecule has 2 aromatic heterocycles. The molecule has 0 spiro atoms. The molecular weight excluding hydrogens is 252 g/mol. The molecule has 0 saturated carbocycles. The van der Waals surface area contributed by atoms with Gasteiger partial charge in [0.25, 0.3) is 0 Å². The van der Waals surface area contributed by atoms with Gasteiger partial charge in [0.1, 0.15) is 12.2 Å². The summed E-state index contributed by atoms with van der Waals surface area (Å²) in [6.45, 7) is 4.77. The number of nitrogens with zero attached hydrogens (tertiary/aromatic N) is 4. The molecule has 0 fully saturated rings. The molecule has 98 valence electrons. The Bertz CT molecular complexity index is 504. The highest BCUT2D eigenvalue weighted by atomic mass is 35.5. The molecule has 0 aliphatic carbocycles. The summed E-state index contributed by atoms with van der Waals surface area (Å²) in [5.74, 6) is 0.801. The lowest BCUT2D eigenvalue weighted by Gasteiger charge is -2.14. The molecule has 0 aromatic carbocycles. The van der Waals surface area contributed by atoms with Gasteiger partial charge in [-0.1, -0.05) is 11.6 Å². The molecule has 0 aliphatic rings. The van der Waals surface area contributed by atoms with Crippen LogP contribution in [-0.4, -0.2) is 32.0 Å². The van der Waals surface area contributed by atoms with Gasteiger partial charge in [0.2, 0.25) is 0 Å². The van der Waals surface area contributed by atoms with Crippen molar-refractivity contribution in [3.63, 3.8) is 0 Å². The molecule has 1 unspecified atom stereocenters. The van der Waals surface area contributed by atoms with Crippen molar-refractivity contribution < 1.29 is 0 Å². The largest absolute Gasteiger partial charge is 0.310 e. The summed E-state index contributed by atoms with van der Waals surface area (Å²) in [5.41, 5.74) is 1.88. The van der Waals surface area contributed by atoms with E-state index >= 15 is 0 Å². The molecule has 0 bridgehead atoms. The van der Waals surface area contributed by atoms with Crippen molar-refractivity contribution in [3.05, 3.63) is 28.6 Å². The Labute approximate surface area is 111 Å². The van der Waals surface area contributed by atoms with E-state index < -0.39 is 0 Å². The number of likely N-dealkylation sites (N-methyl/N-ethyl adjacent to an activating group) is 1. The molecule has 2 aromatic rings. The zero-order valence-corrected chi connectivity index (χ0v) is 11.5. The SMILES string of the molecule is CCn1nc(C)c(Cl)c1CC(NC)c1ncn[nH]1. The smallest absolute Gasteiger partial charge is 0.141 e. The number of H-pyrrole nitrogens is 1. The third kappa shape index (κ3) is 2.39. The Balaban J connectivity index is 2.27. The molecule has 7 heteroatoms. The van der Waals surface area contributed by atoms with Gasteiger partial charge >= 0.3 is 0 Å². The van der Waals surface area contributed by atoms with E-state index in [0.717, 1.165) is 35.2 Å². The van der Waals surface area contributed by atoms with Crippen LogP contribution in [0.5, 0.6) is 0 Å². The lowest BCUT2D eigenvalue weighted by Crippen LogP contribution is -2.22. The van der Waals surface area contributed by atoms with Crippen LogP contribution in [0.1, 0.15) is 30.2 Å². The normalized spacial score (nSPS) is 12.9. The first kappa shape index (κ1) is 13.0. The molecule has 2 N–H and O–H groups in total. The van der Waals surface area contributed by atoms with Crippen LogP contribution < -0.4 is 5.32 Å². The van der Waals surface area contributed by atoms with Crippen LogP contribution in [0.2, 0.25) is 5.02 Å². The topological polar surface area (TPSA) is 71.4 Å². The highest BCUT2D eigenvalue weighted by Crippen LogP contribution is 2.24. The highest BCUT2D eigenvalue weighted by Gasteiger charge is 2.19. The fraction of sp³-hybridized carbons (Fsp3) is 0.545. The predicted molar refractivity (Wildman–Crippen MR) is 69.5 cm³/mol. The second-order valence-electron chi connectivity index (χ2n) is 4.08. The van der Waals surface area contributed by atoms with Gasteiger partial charge in [0, 0.05) is 13.0 Å². The van der Waals surface area contributed by atoms with E-state index in [4.69, 9.17) is 11.6 Å². The minimum absolute atomic E-state index is 0.0476. The van der Waals surface area contributed by atoms with Gasteiger partial charge in [-0.15, -0.1) is 0 Å². The summed E-state index contributed by atoms with van der Waals surface area (Å²) < 4.78 is 1.93. The molecule has 0 saturated heterocycles. The number of aromatic nitrogens is 5. The molecule has 2 heterocycles. The lowest BCUT2D eigenvalue weighted by molar-refractivity contribution is 0.521. The molecular formula is C11H17ClN6. The monoisotopic (exact) mass is 268 g/mol. The Morgan fingerprint density at radius 3 is 2.89 bits per heavy atom. The fourth-order valence-corrected chi connectivity index (χ4v) is 2.19. The quantitative estimate of drug-likeness (QED) is 0.862. The third-order valence-electron chi connectivity index (χ3n) is 2.96. The first-order valence-electron chi connectivity index (χ1n) is 5.91. The number of nitrogens with one attached hydrogen (secondary N) is 2. The molecule has 6 nitrogen and oxygen atoms in total. The van der Waals surface area contributed by atoms with Crippen molar-refractivity contribution >= 4 is 11.6 Å². The summed E-state index contributed by atoms with van der Waals surface area (Å²) in [7, 11) is 1.89. The Hall–Kier alpha value is -1.40. The van der Waals surface area contributed by atoms with E-state index in [-0.39, 0.29) is 6.04 Å². The van der Waals surface area contributed by atoms with Crippen LogP contribution >= 0.6 is 11.6 Å². The zero-order chi connectivity index (χ0) is 13.1. The van der Waals surface area contributed by atoms with Crippen molar-refractivity contribution in [3.8, 4) is 0 Å². The Morgan fingerprint density at radius 2 is 2.33 bits per heavy atom. The second kappa shape index (κ2) is 5.49. The van der Waals surface area contributed by atoms with Crippen LogP contribution in [0.15, 0.2) is 6.33 Å². The predicted octanol–water partition coefficient (Wildman–Crippen LogP) is 1.49. The maximum Gasteiger partial charge on any atom is 0.141 e. The van der Waals surface area contributed by atoms with Gasteiger partial charge in [-0.25, -0.2) is 4.98 Å². The maximum absolute atomic E-state index is 6.30. The molecule has 0 aliphatic heterocycles. The average molecular weight is 269 g/mol. The van der Waals surface area contributed by atoms with E-state index in [1.807, 2.05) is 18.7 Å². The van der Waals surface area contributed by atoms with Crippen LogP contribution in [0, 0.1) is 6.92 Å². The second-order valence-corrected chi connectivity index (χ2v) is 4.46. The van der Waals surface area contributed by atoms with Crippen LogP contribution in [0.25, 0.3) is 0 Å². The minimum atomic E-state index is 0.0476. The Morgan fingerprint density at radius 1 is 1.56 bits per heavy atom. The number of halogens is 1. The molecule has 0 amide bonds. The zero-order valence-electron chi connectivity index (χ0n) is 10.7. The molecule has 1 atom stereocenters. The van der Waals surface area contributed by atoms with E-state index in [0.29, 0.717) is 0 Å². The van der Waals surface area contributed by atoms with Crippen LogP contribution in [-0.2, 0) is 13.0 Å². The number of rotatable bonds is 5. The minimum Gasteiger partial charge on any atom is -0.310 e. The number of hydrogen-bond acceptors (Lipinski definition) is 4. The van der Waals surface area contributed by atoms with Crippen molar-refractivity contribution in [2.75, 3.05) is 7.05 Å². The summed E-state index contributed by atoms with van der Waals surface area (Å²) in [6, 6.07) is 0.0476. The molecule has 2 rings (SSSR count). The van der Waals surface area contributed by atoms with E-state index in [1.165, 1.54) is 6.33 Å². The summed E-state index contributed by atoms with van der Waals surface area (Å²) in [6.07, 6.45) is 2.23. The van der Waals surface area contributed by atoms with Gasteiger partial charge in [-0.05, 0) is 20.9 Å². The van der Waals surface area contributed by atoms with Crippen molar-refractivity contribution in [1.29, 1.82) is 0 Å². The summed E-state index contributed by atoms with van der Waals surface area (Å²) in [4.78, 5) is 4.17. The van der Waals surface area contributed by atoms with Gasteiger partial charge in [0.05, 0.1) is 22.5 Å². The fourth-order valence-electron chi connectivity index (χ4n) is 1.98. The lowest BCUT2D eigenvalue weighted by atomic mass is 10.1. The van der Waals surface area contributed by atoms with Crippen LogP contribution in [0.4, 0.5) is 0 Å². The van der Waals surface area contributed by atoms with E-state index in [2.05, 4.69) is 32.5 Å². The molecule has 18 heavy (non-hydrogen) atoms. The maximum atomic E-state index is 6.30. The number of aromatic amines is 1. The van der Waals surface area contributed by atoms with Gasteiger partial charge < -0.3 is 5.32 Å². The van der Waals surface area contributed by atoms with Crippen molar-refractivity contribution in [2.45, 2.75) is 32.9 Å². The van der Waals surface area contributed by atoms with E-state index in [1.54, 1.807) is 0 Å². The molecule has 0 radical (unpaired) electrons. The number of hydrogen-bond donors (Lipinski definition) is 2. The van der Waals surface area contributed by atoms with Gasteiger partial charge in [-0.3, -0.25) is 9.78 Å². The van der Waals surface area contributed by atoms with Gasteiger partial charge in [0.15, 0.2) is 0 Å². The average Bonchev–Trinajstić information content (AvgIpc) is 2.98. The first-order chi connectivity index (χ1) is 8.67. The Kier molecular flexibility index (Phi) is 3.98. The summed E-state index contributed by atoms with van der Waals surface area (Å²) in [5, 5.41) is 15.1. The standard InChI is InChI=1S/C11H17ClN6/c1-4-18-9(10(12)7(2)17-18)5-8(13-3)11-14-6-15-16-11/h6,8,13H,4-5H2,1-3H3,(H,14,15,16).